The predicted octanol–water partition coefficient (Wildman–Crippen LogP) is 2.45. The van der Waals surface area contributed by atoms with Crippen LogP contribution in [0.25, 0.3) is 0 Å². The first-order valence-electron chi connectivity index (χ1n) is 2.21. The molecule has 0 nitrogen and oxygen atoms in total. The zero-order valence-corrected chi connectivity index (χ0v) is 23.2. The van der Waals surface area contributed by atoms with Crippen LogP contribution in [0.15, 0.2) is 0 Å². The molecular formula is C6H14UY4-2. The third-order valence-electron chi connectivity index (χ3n) is 0.604. The molecule has 0 atom stereocenters. The molecule has 0 spiro atoms. The second-order valence-electron chi connectivity index (χ2n) is 1.21. The van der Waals surface area contributed by atoms with E-state index in [1.54, 1.807) is 0 Å². The fourth-order valence-electron chi connectivity index (χ4n) is 0.250. The van der Waals surface area contributed by atoms with Gasteiger partial charge in [0.25, 0.3) is 0 Å². The van der Waals surface area contributed by atoms with Crippen molar-refractivity contribution in [1.82, 2.24) is 0 Å². The molecule has 0 unspecified atom stereocenters. The van der Waals surface area contributed by atoms with Crippen LogP contribution in [0.1, 0.15) is 26.2 Å². The minimum atomic E-state index is 0. The molecule has 0 aromatic carbocycles. The topological polar surface area (TPSA) is 0 Å². The first-order valence-corrected chi connectivity index (χ1v) is 2.21. The van der Waals surface area contributed by atoms with Gasteiger partial charge in [-0.1, -0.05) is 19.8 Å². The van der Waals surface area contributed by atoms with Crippen molar-refractivity contribution in [3.63, 3.8) is 0 Å². The molecule has 0 saturated carbocycles. The van der Waals surface area contributed by atoms with Crippen molar-refractivity contribution >= 4 is 0 Å². The summed E-state index contributed by atoms with van der Waals surface area (Å²) in [7, 11) is 0. The molecular weight excluding hydrogens is 666 g/mol. The van der Waals surface area contributed by atoms with E-state index in [1.165, 1.54) is 12.8 Å². The van der Waals surface area contributed by atoms with Crippen molar-refractivity contribution in [2.75, 3.05) is 0 Å². The molecule has 0 saturated heterocycles. The van der Waals surface area contributed by atoms with Crippen molar-refractivity contribution < 1.29 is 162 Å². The molecule has 0 rings (SSSR count). The predicted molar refractivity (Wildman–Crippen MR) is 31.3 cm³/mol. The first-order chi connectivity index (χ1) is 2.41. The van der Waals surface area contributed by atoms with Gasteiger partial charge >= 0.3 is 0 Å². The maximum Gasteiger partial charge on any atom is 0 e. The van der Waals surface area contributed by atoms with Gasteiger partial charge in [-0.2, -0.15) is 6.42 Å². The molecule has 4 radical (unpaired) electrons. The summed E-state index contributed by atoms with van der Waals surface area (Å²) in [5.41, 5.74) is 0. The van der Waals surface area contributed by atoms with Crippen molar-refractivity contribution in [3.8, 4) is 0 Å². The van der Waals surface area contributed by atoms with Crippen LogP contribution in [0.3, 0.4) is 0 Å². The minimum Gasteiger partial charge on any atom is -0.358 e. The molecule has 0 amide bonds. The van der Waals surface area contributed by atoms with E-state index < -0.39 is 0 Å². The molecule has 56 valence electrons. The van der Waals surface area contributed by atoms with E-state index in [9.17, 15) is 0 Å². The Morgan fingerprint density at radius 3 is 1.27 bits per heavy atom. The summed E-state index contributed by atoms with van der Waals surface area (Å²) in [6.45, 7) is 5.85. The van der Waals surface area contributed by atoms with Crippen LogP contribution >= 0.6 is 0 Å². The Bertz CT molecular complexity index is 22.1. The summed E-state index contributed by atoms with van der Waals surface area (Å²) in [6.07, 6.45) is 3.65. The van der Waals surface area contributed by atoms with Gasteiger partial charge in [-0.3, -0.25) is 0 Å². The molecule has 0 aliphatic rings. The molecule has 0 fully saturated rings. The van der Waals surface area contributed by atoms with E-state index in [4.69, 9.17) is 0 Å². The summed E-state index contributed by atoms with van der Waals surface area (Å²) in [4.78, 5) is 0. The Balaban J connectivity index is -0.00000000533. The second kappa shape index (κ2) is 45.2. The van der Waals surface area contributed by atoms with E-state index in [0.717, 1.165) is 6.42 Å². The van der Waals surface area contributed by atoms with Gasteiger partial charge in [0.1, 0.15) is 0 Å². The Hall–Kier alpha value is 5.47. The third kappa shape index (κ3) is 50.3. The van der Waals surface area contributed by atoms with E-state index in [-0.39, 0.29) is 169 Å². The van der Waals surface area contributed by atoms with Crippen LogP contribution < -0.4 is 0 Å². The normalized spacial score (nSPS) is 3.82. The SMILES string of the molecule is [CH2-]CCCC.[CH3-].[U].[Y].[Y].[Y].[Y]. The molecule has 0 N–H and O–H groups in total. The van der Waals surface area contributed by atoms with E-state index in [2.05, 4.69) is 13.8 Å². The van der Waals surface area contributed by atoms with Gasteiger partial charge in [-0.15, -0.1) is 0 Å². The first kappa shape index (κ1) is 44.0. The monoisotopic (exact) mass is 680 g/mol. The van der Waals surface area contributed by atoms with Gasteiger partial charge < -0.3 is 14.4 Å². The minimum absolute atomic E-state index is 0. The number of rotatable bonds is 2. The third-order valence-corrected chi connectivity index (χ3v) is 0.604. The molecule has 0 aromatic heterocycles. The zero-order valence-electron chi connectivity index (χ0n) is 7.64. The standard InChI is InChI=1S/C5H11.CH3.U.4Y/c1-3-5-4-2;;;;;;/h1,3-5H2,2H3;1H3;;;;;/q2*-1;;;;;. The molecule has 0 bridgehead atoms. The van der Waals surface area contributed by atoms with Crippen LogP contribution in [0, 0.1) is 45.5 Å². The number of hydrogen-bond donors (Lipinski definition) is 0. The van der Waals surface area contributed by atoms with Crippen LogP contribution in [-0.4, -0.2) is 0 Å². The molecule has 5 heteroatoms. The maximum absolute atomic E-state index is 3.68. The van der Waals surface area contributed by atoms with Gasteiger partial charge in [-0.25, -0.2) is 0 Å². The van der Waals surface area contributed by atoms with Gasteiger partial charge in [0.2, 0.25) is 0 Å². The summed E-state index contributed by atoms with van der Waals surface area (Å²) in [5, 5.41) is 0. The van der Waals surface area contributed by atoms with E-state index in [1.807, 2.05) is 0 Å². The van der Waals surface area contributed by atoms with Crippen LogP contribution in [0.2, 0.25) is 0 Å². The average Bonchev–Trinajstić information content (AvgIpc) is 1.41. The van der Waals surface area contributed by atoms with Crippen molar-refractivity contribution in [1.29, 1.82) is 0 Å². The average molecular weight is 680 g/mol. The molecule has 0 aliphatic heterocycles. The maximum atomic E-state index is 3.68. The van der Waals surface area contributed by atoms with Gasteiger partial charge in [0.05, 0.1) is 0 Å². The number of unbranched alkanes of at least 4 members (excludes halogenated alkanes) is 2. The summed E-state index contributed by atoms with van der Waals surface area (Å²) in [5.74, 6) is 0. The van der Waals surface area contributed by atoms with Crippen LogP contribution in [0.5, 0.6) is 0 Å². The molecule has 0 aliphatic carbocycles. The van der Waals surface area contributed by atoms with Crippen LogP contribution in [-0.2, 0) is 131 Å². The summed E-state index contributed by atoms with van der Waals surface area (Å²) >= 11 is 0. The Labute approximate surface area is 197 Å². The van der Waals surface area contributed by atoms with E-state index in [0.29, 0.717) is 0 Å². The molecule has 11 heavy (non-hydrogen) atoms. The van der Waals surface area contributed by atoms with Crippen molar-refractivity contribution in [2.24, 2.45) is 0 Å². The summed E-state index contributed by atoms with van der Waals surface area (Å²) < 4.78 is 0. The Morgan fingerprint density at radius 2 is 1.27 bits per heavy atom. The summed E-state index contributed by atoms with van der Waals surface area (Å²) in [6, 6.07) is 0. The smallest absolute Gasteiger partial charge is 0 e. The fourth-order valence-corrected chi connectivity index (χ4v) is 0.250. The largest absolute Gasteiger partial charge is 0.358 e. The van der Waals surface area contributed by atoms with Crippen molar-refractivity contribution in [2.45, 2.75) is 26.2 Å². The van der Waals surface area contributed by atoms with Crippen LogP contribution in [0.4, 0.5) is 0 Å². The molecule has 0 heterocycles. The zero-order chi connectivity index (χ0) is 4.12. The van der Waals surface area contributed by atoms with Crippen molar-refractivity contribution in [3.05, 3.63) is 14.4 Å². The molecule has 0 aromatic rings. The fraction of sp³-hybridized carbons (Fsp3) is 0.667. The quantitative estimate of drug-likeness (QED) is 0.394. The second-order valence-corrected chi connectivity index (χ2v) is 1.21. The van der Waals surface area contributed by atoms with Gasteiger partial charge in [-0.05, 0) is 0 Å². The number of hydrogen-bond acceptors (Lipinski definition) is 0. The van der Waals surface area contributed by atoms with Gasteiger partial charge in [0, 0.05) is 162 Å². The van der Waals surface area contributed by atoms with Gasteiger partial charge in [0.15, 0.2) is 0 Å². The van der Waals surface area contributed by atoms with E-state index >= 15 is 0 Å². The Kier molecular flexibility index (Phi) is 180. The Morgan fingerprint density at radius 1 is 1.00 bits per heavy atom.